The Morgan fingerprint density at radius 1 is 1.60 bits per heavy atom. The minimum atomic E-state index is -0.413. The molecule has 0 unspecified atom stereocenters. The van der Waals surface area contributed by atoms with Crippen molar-refractivity contribution in [2.24, 2.45) is 0 Å². The van der Waals surface area contributed by atoms with E-state index in [-0.39, 0.29) is 16.8 Å². The van der Waals surface area contributed by atoms with Crippen LogP contribution in [0.5, 0.6) is 0 Å². The monoisotopic (exact) mass is 270 g/mol. The van der Waals surface area contributed by atoms with Crippen molar-refractivity contribution in [2.75, 3.05) is 6.54 Å². The fourth-order valence-corrected chi connectivity index (χ4v) is 1.35. The number of rotatable bonds is 3. The molecule has 0 aromatic heterocycles. The third kappa shape index (κ3) is 3.33. The lowest BCUT2D eigenvalue weighted by Crippen LogP contribution is -2.24. The number of carbonyl (C=O) groups is 1. The highest BCUT2D eigenvalue weighted by atomic mass is 79.9. The summed E-state index contributed by atoms with van der Waals surface area (Å²) in [4.78, 5) is 11.4. The van der Waals surface area contributed by atoms with Crippen molar-refractivity contribution in [3.63, 3.8) is 0 Å². The normalized spacial score (nSPS) is 9.40. The zero-order valence-corrected chi connectivity index (χ0v) is 9.34. The summed E-state index contributed by atoms with van der Waals surface area (Å²) in [6, 6.07) is 5.91. The van der Waals surface area contributed by atoms with E-state index in [9.17, 15) is 9.18 Å². The van der Waals surface area contributed by atoms with Gasteiger partial charge in [0.05, 0.1) is 17.0 Å². The van der Waals surface area contributed by atoms with E-state index in [0.29, 0.717) is 12.1 Å². The van der Waals surface area contributed by atoms with Crippen LogP contribution in [0.15, 0.2) is 22.7 Å². The number of halogens is 2. The predicted octanol–water partition coefficient (Wildman–Crippen LogP) is 2.23. The third-order valence-electron chi connectivity index (χ3n) is 1.70. The van der Waals surface area contributed by atoms with E-state index in [2.05, 4.69) is 21.2 Å². The van der Waals surface area contributed by atoms with Gasteiger partial charge in [0.25, 0.3) is 5.91 Å². The summed E-state index contributed by atoms with van der Waals surface area (Å²) in [5, 5.41) is 10.8. The summed E-state index contributed by atoms with van der Waals surface area (Å²) in [7, 11) is 0. The smallest absolute Gasteiger partial charge is 0.251 e. The first-order valence-electron chi connectivity index (χ1n) is 4.25. The highest BCUT2D eigenvalue weighted by Crippen LogP contribution is 2.16. The second-order valence-corrected chi connectivity index (χ2v) is 3.65. The molecule has 0 aliphatic rings. The summed E-state index contributed by atoms with van der Waals surface area (Å²) in [5.41, 5.74) is 0.362. The van der Waals surface area contributed by atoms with Gasteiger partial charge in [-0.3, -0.25) is 4.79 Å². The van der Waals surface area contributed by atoms with Crippen LogP contribution in [0.2, 0.25) is 0 Å². The lowest BCUT2D eigenvalue weighted by Gasteiger charge is -2.03. The van der Waals surface area contributed by atoms with Crippen LogP contribution in [0.25, 0.3) is 0 Å². The molecular formula is C10H8BrFN2O. The second kappa shape index (κ2) is 5.47. The molecule has 0 bridgehead atoms. The van der Waals surface area contributed by atoms with Crippen LogP contribution in [-0.2, 0) is 0 Å². The van der Waals surface area contributed by atoms with Gasteiger partial charge in [0.1, 0.15) is 5.82 Å². The number of amides is 1. The number of benzene rings is 1. The molecule has 0 radical (unpaired) electrons. The molecule has 3 nitrogen and oxygen atoms in total. The van der Waals surface area contributed by atoms with Crippen molar-refractivity contribution >= 4 is 21.8 Å². The Labute approximate surface area is 95.0 Å². The van der Waals surface area contributed by atoms with Crippen LogP contribution in [-0.4, -0.2) is 12.5 Å². The molecule has 1 rings (SSSR count). The maximum Gasteiger partial charge on any atom is 0.251 e. The number of hydrogen-bond donors (Lipinski definition) is 1. The SMILES string of the molecule is N#CCCNC(=O)c1ccc(F)c(Br)c1. The van der Waals surface area contributed by atoms with Gasteiger partial charge in [0.2, 0.25) is 0 Å². The molecule has 0 fully saturated rings. The topological polar surface area (TPSA) is 52.9 Å². The molecule has 0 heterocycles. The summed E-state index contributed by atoms with van der Waals surface area (Å²) in [6.45, 7) is 0.296. The molecule has 1 aromatic carbocycles. The Hall–Kier alpha value is -1.41. The second-order valence-electron chi connectivity index (χ2n) is 2.79. The number of hydrogen-bond acceptors (Lipinski definition) is 2. The van der Waals surface area contributed by atoms with Crippen molar-refractivity contribution in [3.05, 3.63) is 34.1 Å². The average Bonchev–Trinajstić information content (AvgIpc) is 2.22. The summed E-state index contributed by atoms with van der Waals surface area (Å²) in [5.74, 6) is -0.727. The van der Waals surface area contributed by atoms with Gasteiger partial charge < -0.3 is 5.32 Å². The molecular weight excluding hydrogens is 263 g/mol. The first-order chi connectivity index (χ1) is 7.15. The highest BCUT2D eigenvalue weighted by Gasteiger charge is 2.07. The maximum absolute atomic E-state index is 12.8. The number of nitrogens with zero attached hydrogens (tertiary/aromatic N) is 1. The van der Waals surface area contributed by atoms with Crippen molar-refractivity contribution < 1.29 is 9.18 Å². The Morgan fingerprint density at radius 2 is 2.33 bits per heavy atom. The van der Waals surface area contributed by atoms with Crippen LogP contribution in [0, 0.1) is 17.1 Å². The Morgan fingerprint density at radius 3 is 2.93 bits per heavy atom. The zero-order chi connectivity index (χ0) is 11.3. The molecule has 1 amide bonds. The first kappa shape index (κ1) is 11.7. The number of nitriles is 1. The van der Waals surface area contributed by atoms with E-state index in [1.165, 1.54) is 18.2 Å². The standard InChI is InChI=1S/C10H8BrFN2O/c11-8-6-7(2-3-9(8)12)10(15)14-5-1-4-13/h2-3,6H,1,5H2,(H,14,15). The van der Waals surface area contributed by atoms with Gasteiger partial charge in [0.15, 0.2) is 0 Å². The first-order valence-corrected chi connectivity index (χ1v) is 5.04. The fourth-order valence-electron chi connectivity index (χ4n) is 0.971. The lowest BCUT2D eigenvalue weighted by molar-refractivity contribution is 0.0954. The Balaban J connectivity index is 2.67. The van der Waals surface area contributed by atoms with Gasteiger partial charge in [-0.1, -0.05) is 0 Å². The predicted molar refractivity (Wildman–Crippen MR) is 56.7 cm³/mol. The van der Waals surface area contributed by atoms with E-state index in [4.69, 9.17) is 5.26 Å². The molecule has 0 aliphatic heterocycles. The molecule has 1 N–H and O–H groups in total. The summed E-state index contributed by atoms with van der Waals surface area (Å²) in [6.07, 6.45) is 0.258. The van der Waals surface area contributed by atoms with Gasteiger partial charge in [-0.05, 0) is 34.1 Å². The van der Waals surface area contributed by atoms with Crippen molar-refractivity contribution in [1.82, 2.24) is 5.32 Å². The third-order valence-corrected chi connectivity index (χ3v) is 2.31. The van der Waals surface area contributed by atoms with Crippen LogP contribution < -0.4 is 5.32 Å². The van der Waals surface area contributed by atoms with Crippen LogP contribution >= 0.6 is 15.9 Å². The quantitative estimate of drug-likeness (QED) is 0.857. The van der Waals surface area contributed by atoms with E-state index >= 15 is 0 Å². The molecule has 0 atom stereocenters. The molecule has 0 aliphatic carbocycles. The molecule has 1 aromatic rings. The van der Waals surface area contributed by atoms with Gasteiger partial charge in [0, 0.05) is 12.1 Å². The van der Waals surface area contributed by atoms with Gasteiger partial charge in [-0.2, -0.15) is 5.26 Å². The molecule has 0 saturated carbocycles. The van der Waals surface area contributed by atoms with E-state index in [1.54, 1.807) is 0 Å². The Bertz CT molecular complexity index is 414. The van der Waals surface area contributed by atoms with Crippen molar-refractivity contribution in [3.8, 4) is 6.07 Å². The zero-order valence-electron chi connectivity index (χ0n) is 7.76. The van der Waals surface area contributed by atoms with Crippen molar-refractivity contribution in [2.45, 2.75) is 6.42 Å². The molecule has 5 heteroatoms. The molecule has 0 saturated heterocycles. The average molecular weight is 271 g/mol. The molecule has 15 heavy (non-hydrogen) atoms. The van der Waals surface area contributed by atoms with E-state index in [1.807, 2.05) is 6.07 Å². The fraction of sp³-hybridized carbons (Fsp3) is 0.200. The number of carbonyl (C=O) groups excluding carboxylic acids is 1. The molecule has 0 spiro atoms. The lowest BCUT2D eigenvalue weighted by atomic mass is 10.2. The van der Waals surface area contributed by atoms with Crippen LogP contribution in [0.1, 0.15) is 16.8 Å². The number of nitrogens with one attached hydrogen (secondary N) is 1. The van der Waals surface area contributed by atoms with Gasteiger partial charge in [-0.15, -0.1) is 0 Å². The highest BCUT2D eigenvalue weighted by molar-refractivity contribution is 9.10. The van der Waals surface area contributed by atoms with Crippen molar-refractivity contribution in [1.29, 1.82) is 5.26 Å². The van der Waals surface area contributed by atoms with Crippen LogP contribution in [0.4, 0.5) is 4.39 Å². The Kier molecular flexibility index (Phi) is 4.25. The minimum Gasteiger partial charge on any atom is -0.351 e. The minimum absolute atomic E-state index is 0.246. The molecule has 78 valence electrons. The van der Waals surface area contributed by atoms with E-state index in [0.717, 1.165) is 0 Å². The largest absolute Gasteiger partial charge is 0.351 e. The summed E-state index contributed by atoms with van der Waals surface area (Å²) >= 11 is 2.99. The van der Waals surface area contributed by atoms with E-state index < -0.39 is 5.82 Å². The van der Waals surface area contributed by atoms with Gasteiger partial charge in [-0.25, -0.2) is 4.39 Å². The summed E-state index contributed by atoms with van der Waals surface area (Å²) < 4.78 is 13.1. The maximum atomic E-state index is 12.8. The van der Waals surface area contributed by atoms with Crippen LogP contribution in [0.3, 0.4) is 0 Å². The van der Waals surface area contributed by atoms with Gasteiger partial charge >= 0.3 is 0 Å².